The average Bonchev–Trinajstić information content (AvgIpc) is 3.62. The van der Waals surface area contributed by atoms with E-state index in [0.29, 0.717) is 44.7 Å². The van der Waals surface area contributed by atoms with Gasteiger partial charge in [0.1, 0.15) is 12.1 Å². The van der Waals surface area contributed by atoms with E-state index in [-0.39, 0.29) is 102 Å². The van der Waals surface area contributed by atoms with Crippen LogP contribution < -0.4 is 21.3 Å². The van der Waals surface area contributed by atoms with Crippen LogP contribution in [0.5, 0.6) is 0 Å². The van der Waals surface area contributed by atoms with Crippen LogP contribution in [0, 0.1) is 55.0 Å². The molecule has 2 unspecified atom stereocenters. The van der Waals surface area contributed by atoms with Gasteiger partial charge in [-0.3, -0.25) is 38.4 Å². The summed E-state index contributed by atoms with van der Waals surface area (Å²) >= 11 is 0. The maximum Gasteiger partial charge on any atom is 0.475 e. The number of nitrogens with one attached hydrogen (secondary N) is 4. The van der Waals surface area contributed by atoms with E-state index in [0.717, 1.165) is 0 Å². The van der Waals surface area contributed by atoms with E-state index < -0.39 is 91.6 Å². The number of nitrogens with zero attached hydrogens (tertiary/aromatic N) is 5. The number of aliphatic carboxylic acids is 1. The third-order valence-electron chi connectivity index (χ3n) is 9.83. The number of rotatable bonds is 14. The smallest absolute Gasteiger partial charge is 0.475 e. The average molecular weight is 983 g/mol. The molecule has 1 radical (unpaired) electrons. The van der Waals surface area contributed by atoms with E-state index >= 15 is 0 Å². The Hall–Kier alpha value is -3.18. The van der Waals surface area contributed by atoms with Crippen molar-refractivity contribution in [2.45, 2.75) is 51.6 Å². The summed E-state index contributed by atoms with van der Waals surface area (Å²) in [5.41, 5.74) is 0. The predicted octanol–water partition coefficient (Wildman–Crippen LogP) is -5.65. The van der Waals surface area contributed by atoms with E-state index in [9.17, 15) is 53.5 Å². The number of hydrogen-bond donors (Lipinski definition) is 7. The minimum atomic E-state index is -1.71. The maximum atomic E-state index is 13.1. The number of carboxylic acids is 1. The van der Waals surface area contributed by atoms with E-state index in [1.165, 1.54) is 11.8 Å². The zero-order valence-corrected chi connectivity index (χ0v) is 34.5. The van der Waals surface area contributed by atoms with Gasteiger partial charge in [-0.2, -0.15) is 0 Å². The molecule has 4 heterocycles. The predicted molar refractivity (Wildman–Crippen MR) is 197 cm³/mol. The molecule has 0 spiro atoms. The second kappa shape index (κ2) is 23.6. The number of morpholine rings is 2. The molecule has 4 saturated heterocycles. The first-order chi connectivity index (χ1) is 27.0. The van der Waals surface area contributed by atoms with E-state index in [1.807, 2.05) is 0 Å². The summed E-state index contributed by atoms with van der Waals surface area (Å²) in [5.74, 6) is -6.26. The zero-order valence-electron chi connectivity index (χ0n) is 32.8. The van der Waals surface area contributed by atoms with Crippen molar-refractivity contribution in [3.8, 4) is 0 Å². The van der Waals surface area contributed by atoms with Crippen LogP contribution in [0.25, 0.3) is 0 Å². The zero-order chi connectivity index (χ0) is 41.8. The molecule has 4 bridgehead atoms. The molecular weight excluding hydrogens is 928 g/mol. The summed E-state index contributed by atoms with van der Waals surface area (Å²) in [6.07, 6.45) is 1.77. The second-order valence-corrected chi connectivity index (χ2v) is 15.0. The second-order valence-electron chi connectivity index (χ2n) is 15.0. The first-order valence-corrected chi connectivity index (χ1v) is 19.0. The summed E-state index contributed by atoms with van der Waals surface area (Å²) in [7, 11) is -1.71. The number of fused-ring (bicyclic) bond motifs is 4. The standard InChI is InChI=1S/C34H54BN9O13.Lu/c1-21(2)32(33(52)38-22(3)34(53)44-6-4-5-25(44)35(54)55)39-27(46)12-36-26(45)11-37-28(47)17-40-7-9-42-16-24(57-31(51)19-42)14-41(18-29(48)49)8-10-43-15-23(13-40)56-30(50)20-43;/h21-22,25,32,54-55H,4-20H2,1-3H3,(H,36,45)(H,37,47)(H,38,52)(H,39,46)(H,48,49);/q-2;/t22-,25+,32+;/m1./s1. The van der Waals surface area contributed by atoms with Gasteiger partial charge in [-0.1, -0.05) is 40.0 Å². The molecular formula is C34H54BLuN9O13-2. The van der Waals surface area contributed by atoms with Gasteiger partial charge in [0, 0.05) is 69.6 Å². The van der Waals surface area contributed by atoms with Crippen LogP contribution >= 0.6 is 0 Å². The Labute approximate surface area is 366 Å². The molecule has 7 N–H and O–H groups in total. The van der Waals surface area contributed by atoms with E-state index in [1.54, 1.807) is 33.4 Å². The number of carboxylic acid groups (broad SMARTS) is 1. The van der Waals surface area contributed by atoms with Gasteiger partial charge in [-0.25, -0.2) is 0 Å². The van der Waals surface area contributed by atoms with Crippen molar-refractivity contribution in [1.82, 2.24) is 45.8 Å². The van der Waals surface area contributed by atoms with Crippen molar-refractivity contribution in [1.29, 1.82) is 0 Å². The molecule has 4 aliphatic rings. The summed E-state index contributed by atoms with van der Waals surface area (Å²) in [4.78, 5) is 109. The number of carbonyl (C=O) groups excluding carboxylic acids is 7. The first kappa shape index (κ1) is 49.2. The van der Waals surface area contributed by atoms with Crippen LogP contribution in [0.2, 0.25) is 0 Å². The summed E-state index contributed by atoms with van der Waals surface area (Å²) in [5, 5.41) is 38.6. The molecule has 4 fully saturated rings. The van der Waals surface area contributed by atoms with Crippen LogP contribution in [-0.2, 0) is 47.8 Å². The molecule has 24 heteroatoms. The Morgan fingerprint density at radius 3 is 1.83 bits per heavy atom. The first-order valence-electron chi connectivity index (χ1n) is 19.0. The Balaban J connectivity index is 0.00000900. The number of amides is 5. The monoisotopic (exact) mass is 982 g/mol. The van der Waals surface area contributed by atoms with Gasteiger partial charge in [0.2, 0.25) is 29.5 Å². The summed E-state index contributed by atoms with van der Waals surface area (Å²) < 4.78 is 10.9. The van der Waals surface area contributed by atoms with Gasteiger partial charge in [-0.15, -0.1) is 12.2 Å². The number of ether oxygens (including phenoxy) is 2. The Bertz CT molecular complexity index is 1500. The number of esters is 2. The molecule has 333 valence electrons. The molecule has 58 heavy (non-hydrogen) atoms. The number of hydrogen-bond acceptors (Lipinski definition) is 16. The van der Waals surface area contributed by atoms with Gasteiger partial charge in [0.15, 0.2) is 0 Å². The van der Waals surface area contributed by atoms with Crippen molar-refractivity contribution in [3.05, 3.63) is 12.2 Å². The van der Waals surface area contributed by atoms with Crippen LogP contribution in [0.1, 0.15) is 33.6 Å². The summed E-state index contributed by atoms with van der Waals surface area (Å²) in [6, 6.07) is -2.07. The largest absolute Gasteiger partial charge is 0.631 e. The van der Waals surface area contributed by atoms with Crippen LogP contribution in [0.15, 0.2) is 0 Å². The minimum Gasteiger partial charge on any atom is -0.631 e. The number of carbonyl (C=O) groups is 8. The van der Waals surface area contributed by atoms with Crippen molar-refractivity contribution in [2.24, 2.45) is 5.92 Å². The molecule has 0 aromatic rings. The minimum absolute atomic E-state index is 0. The van der Waals surface area contributed by atoms with E-state index in [4.69, 9.17) is 9.47 Å². The van der Waals surface area contributed by atoms with Crippen molar-refractivity contribution < 1.29 is 99.9 Å². The van der Waals surface area contributed by atoms with Crippen molar-refractivity contribution in [3.63, 3.8) is 0 Å². The molecule has 5 amide bonds. The third kappa shape index (κ3) is 15.8. The van der Waals surface area contributed by atoms with Gasteiger partial charge >= 0.3 is 13.1 Å². The maximum absolute atomic E-state index is 13.1. The molecule has 4 aliphatic heterocycles. The van der Waals surface area contributed by atoms with Gasteiger partial charge < -0.3 is 70.4 Å². The van der Waals surface area contributed by atoms with Crippen LogP contribution in [-0.4, -0.2) is 210 Å². The molecule has 5 atom stereocenters. The normalized spacial score (nSPS) is 23.6. The van der Waals surface area contributed by atoms with Crippen LogP contribution in [0.3, 0.4) is 0 Å². The van der Waals surface area contributed by atoms with E-state index in [2.05, 4.69) is 21.3 Å². The van der Waals surface area contributed by atoms with Gasteiger partial charge in [0.05, 0.1) is 45.2 Å². The van der Waals surface area contributed by atoms with Gasteiger partial charge in [0.25, 0.3) is 11.9 Å². The quantitative estimate of drug-likeness (QED) is 0.0486. The molecule has 0 saturated carbocycles. The van der Waals surface area contributed by atoms with Crippen molar-refractivity contribution in [2.75, 3.05) is 98.2 Å². The Kier molecular flexibility index (Phi) is 20.0. The van der Waals surface area contributed by atoms with Crippen molar-refractivity contribution >= 4 is 54.6 Å². The molecule has 22 nitrogen and oxygen atoms in total. The Morgan fingerprint density at radius 1 is 0.759 bits per heavy atom. The number of likely N-dealkylation sites (tertiary alicyclic amines) is 1. The molecule has 0 aliphatic carbocycles. The summed E-state index contributed by atoms with van der Waals surface area (Å²) in [6.45, 7) is 5.51. The molecule has 0 aromatic carbocycles. The Morgan fingerprint density at radius 2 is 1.29 bits per heavy atom. The third-order valence-corrected chi connectivity index (χ3v) is 9.83. The fourth-order valence-electron chi connectivity index (χ4n) is 7.02. The van der Waals surface area contributed by atoms with Gasteiger partial charge in [-0.05, 0) is 25.7 Å². The fourth-order valence-corrected chi connectivity index (χ4v) is 7.02. The SMILES string of the molecule is CC(C)[C@H](NC(=O)CNC(=O)CNC(=O)CN1CCN2CC(=O)O[C-](CN(CC(=O)O)CCN3CC(=O)O[C-](C1)C3)C2)C(=O)N[C@H](C)C(=O)N1CCC[C@H]1B(O)O.[Lu]. The van der Waals surface area contributed by atoms with Crippen LogP contribution in [0.4, 0.5) is 0 Å². The topological polar surface area (TPSA) is 280 Å². The molecule has 0 aromatic heterocycles. The molecule has 4 rings (SSSR count). The fraction of sp³-hybridized carbons (Fsp3) is 0.706.